The molecule has 2 heterocycles. The third-order valence-corrected chi connectivity index (χ3v) is 4.83. The van der Waals surface area contributed by atoms with Gasteiger partial charge in [0.15, 0.2) is 5.76 Å². The highest BCUT2D eigenvalue weighted by Gasteiger charge is 2.28. The number of rotatable bonds is 4. The van der Waals surface area contributed by atoms with E-state index in [1.807, 2.05) is 13.0 Å². The number of hydrogen-bond acceptors (Lipinski definition) is 4. The van der Waals surface area contributed by atoms with Crippen LogP contribution in [-0.2, 0) is 6.61 Å². The number of benzene rings is 2. The van der Waals surface area contributed by atoms with Gasteiger partial charge in [0.2, 0.25) is 5.78 Å². The maximum Gasteiger partial charge on any atom is 0.232 e. The van der Waals surface area contributed by atoms with Gasteiger partial charge in [0.05, 0.1) is 5.56 Å². The van der Waals surface area contributed by atoms with Gasteiger partial charge in [0, 0.05) is 27.8 Å². The third kappa shape index (κ3) is 3.59. The largest absolute Gasteiger partial charge is 0.489 e. The summed E-state index contributed by atoms with van der Waals surface area (Å²) in [5.41, 5.74) is 1.18. The first kappa shape index (κ1) is 17.7. The molecule has 27 heavy (non-hydrogen) atoms. The van der Waals surface area contributed by atoms with E-state index in [9.17, 15) is 4.79 Å². The standard InChI is InChI=1S/C21H14Cl2O4/c1-12-5-6-14(26-12)10-20-21(24)15-8-7-13(9-19(15)27-20)25-11-16-17(22)3-2-4-18(16)23/h2-10H,11H2,1H3/b20-10+. The summed E-state index contributed by atoms with van der Waals surface area (Å²) in [7, 11) is 0. The number of carbonyl (C=O) groups excluding carboxylic acids is 1. The fourth-order valence-electron chi connectivity index (χ4n) is 2.74. The van der Waals surface area contributed by atoms with Crippen LogP contribution in [0.3, 0.4) is 0 Å². The average Bonchev–Trinajstić information content (AvgIpc) is 3.18. The Morgan fingerprint density at radius 3 is 2.56 bits per heavy atom. The lowest BCUT2D eigenvalue weighted by Gasteiger charge is -2.10. The monoisotopic (exact) mass is 400 g/mol. The molecule has 6 heteroatoms. The highest BCUT2D eigenvalue weighted by atomic mass is 35.5. The molecule has 2 aromatic carbocycles. The molecule has 0 fully saturated rings. The first-order valence-corrected chi connectivity index (χ1v) is 8.97. The lowest BCUT2D eigenvalue weighted by atomic mass is 10.1. The van der Waals surface area contributed by atoms with E-state index >= 15 is 0 Å². The van der Waals surface area contributed by atoms with Crippen molar-refractivity contribution in [1.29, 1.82) is 0 Å². The van der Waals surface area contributed by atoms with Gasteiger partial charge in [-0.1, -0.05) is 29.3 Å². The topological polar surface area (TPSA) is 48.7 Å². The van der Waals surface area contributed by atoms with Gasteiger partial charge in [-0.3, -0.25) is 4.79 Å². The number of carbonyl (C=O) groups is 1. The molecule has 0 bridgehead atoms. The highest BCUT2D eigenvalue weighted by Crippen LogP contribution is 2.35. The molecule has 0 saturated heterocycles. The van der Waals surface area contributed by atoms with Crippen molar-refractivity contribution >= 4 is 35.1 Å². The van der Waals surface area contributed by atoms with Crippen molar-refractivity contribution in [2.45, 2.75) is 13.5 Å². The number of fused-ring (bicyclic) bond motifs is 1. The first-order chi connectivity index (χ1) is 13.0. The molecule has 4 nitrogen and oxygen atoms in total. The normalized spacial score (nSPS) is 14.3. The lowest BCUT2D eigenvalue weighted by Crippen LogP contribution is -1.98. The van der Waals surface area contributed by atoms with E-state index in [-0.39, 0.29) is 18.1 Å². The average molecular weight is 401 g/mol. The number of Topliss-reactive ketones (excluding diaryl/α,β-unsaturated/α-hetero) is 1. The Balaban J connectivity index is 1.53. The van der Waals surface area contributed by atoms with Gasteiger partial charge in [0.1, 0.15) is 29.6 Å². The Morgan fingerprint density at radius 1 is 1.07 bits per heavy atom. The van der Waals surface area contributed by atoms with Crippen LogP contribution in [0.5, 0.6) is 11.5 Å². The Hall–Kier alpha value is -2.69. The minimum atomic E-state index is -0.195. The van der Waals surface area contributed by atoms with Crippen molar-refractivity contribution in [3.05, 3.63) is 87.0 Å². The molecule has 1 aliphatic rings. The van der Waals surface area contributed by atoms with E-state index in [2.05, 4.69) is 0 Å². The Morgan fingerprint density at radius 2 is 1.85 bits per heavy atom. The minimum absolute atomic E-state index is 0.195. The number of ketones is 1. The van der Waals surface area contributed by atoms with Gasteiger partial charge in [-0.05, 0) is 43.3 Å². The van der Waals surface area contributed by atoms with E-state index in [0.29, 0.717) is 38.4 Å². The Labute approximate surface area is 165 Å². The van der Waals surface area contributed by atoms with Crippen LogP contribution in [0, 0.1) is 6.92 Å². The summed E-state index contributed by atoms with van der Waals surface area (Å²) in [6.07, 6.45) is 1.58. The highest BCUT2D eigenvalue weighted by molar-refractivity contribution is 6.35. The lowest BCUT2D eigenvalue weighted by molar-refractivity contribution is 0.101. The SMILES string of the molecule is Cc1ccc(/C=C2/Oc3cc(OCc4c(Cl)cccc4Cl)ccc3C2=O)o1. The van der Waals surface area contributed by atoms with E-state index < -0.39 is 0 Å². The van der Waals surface area contributed by atoms with Crippen LogP contribution in [0.4, 0.5) is 0 Å². The molecular weight excluding hydrogens is 387 g/mol. The summed E-state index contributed by atoms with van der Waals surface area (Å²) in [5, 5.41) is 1.07. The summed E-state index contributed by atoms with van der Waals surface area (Å²) in [4.78, 5) is 12.5. The molecule has 0 radical (unpaired) electrons. The van der Waals surface area contributed by atoms with E-state index in [1.54, 1.807) is 48.5 Å². The molecule has 0 spiro atoms. The van der Waals surface area contributed by atoms with Crippen LogP contribution >= 0.6 is 23.2 Å². The van der Waals surface area contributed by atoms with E-state index in [4.69, 9.17) is 37.1 Å². The fraction of sp³-hybridized carbons (Fsp3) is 0.0952. The second kappa shape index (κ2) is 7.14. The molecule has 0 saturated carbocycles. The van der Waals surface area contributed by atoms with Crippen molar-refractivity contribution in [1.82, 2.24) is 0 Å². The minimum Gasteiger partial charge on any atom is -0.489 e. The zero-order chi connectivity index (χ0) is 19.0. The van der Waals surface area contributed by atoms with Crippen LogP contribution in [0.2, 0.25) is 10.0 Å². The molecule has 0 atom stereocenters. The van der Waals surface area contributed by atoms with Crippen LogP contribution in [0.15, 0.2) is 58.7 Å². The number of furan rings is 1. The summed E-state index contributed by atoms with van der Waals surface area (Å²) in [5.74, 6) is 2.34. The molecule has 0 amide bonds. The summed E-state index contributed by atoms with van der Waals surface area (Å²) in [6.45, 7) is 2.04. The predicted octanol–water partition coefficient (Wildman–Crippen LogP) is 6.09. The zero-order valence-corrected chi connectivity index (χ0v) is 15.8. The maximum atomic E-state index is 12.5. The van der Waals surface area contributed by atoms with Gasteiger partial charge < -0.3 is 13.9 Å². The van der Waals surface area contributed by atoms with Gasteiger partial charge in [-0.25, -0.2) is 0 Å². The molecular formula is C21H14Cl2O4. The fourth-order valence-corrected chi connectivity index (χ4v) is 3.25. The molecule has 1 aromatic heterocycles. The summed E-state index contributed by atoms with van der Waals surface area (Å²) < 4.78 is 16.9. The molecule has 1 aliphatic heterocycles. The second-order valence-electron chi connectivity index (χ2n) is 6.04. The first-order valence-electron chi connectivity index (χ1n) is 8.22. The Bertz CT molecular complexity index is 1050. The van der Waals surface area contributed by atoms with Crippen molar-refractivity contribution in [2.75, 3.05) is 0 Å². The maximum absolute atomic E-state index is 12.5. The molecule has 0 unspecified atom stereocenters. The van der Waals surface area contributed by atoms with Gasteiger partial charge in [0.25, 0.3) is 0 Å². The predicted molar refractivity (Wildman–Crippen MR) is 104 cm³/mol. The smallest absolute Gasteiger partial charge is 0.232 e. The van der Waals surface area contributed by atoms with Gasteiger partial charge in [-0.15, -0.1) is 0 Å². The number of allylic oxidation sites excluding steroid dienone is 1. The number of ether oxygens (including phenoxy) is 2. The molecule has 3 aromatic rings. The van der Waals surface area contributed by atoms with Crippen LogP contribution in [0.1, 0.15) is 27.4 Å². The van der Waals surface area contributed by atoms with Crippen molar-refractivity contribution in [3.63, 3.8) is 0 Å². The molecule has 4 rings (SSSR count). The number of halogens is 2. The van der Waals surface area contributed by atoms with Gasteiger partial charge >= 0.3 is 0 Å². The number of hydrogen-bond donors (Lipinski definition) is 0. The van der Waals surface area contributed by atoms with Crippen LogP contribution in [0.25, 0.3) is 6.08 Å². The van der Waals surface area contributed by atoms with Crippen molar-refractivity contribution in [2.24, 2.45) is 0 Å². The molecule has 136 valence electrons. The molecule has 0 N–H and O–H groups in total. The van der Waals surface area contributed by atoms with E-state index in [1.165, 1.54) is 0 Å². The quantitative estimate of drug-likeness (QED) is 0.497. The summed E-state index contributed by atoms with van der Waals surface area (Å²) >= 11 is 12.3. The number of aryl methyl sites for hydroxylation is 1. The Kier molecular flexibility index (Phi) is 4.68. The van der Waals surface area contributed by atoms with Gasteiger partial charge in [-0.2, -0.15) is 0 Å². The van der Waals surface area contributed by atoms with Crippen LogP contribution in [-0.4, -0.2) is 5.78 Å². The zero-order valence-electron chi connectivity index (χ0n) is 14.3. The molecule has 0 aliphatic carbocycles. The second-order valence-corrected chi connectivity index (χ2v) is 6.85. The van der Waals surface area contributed by atoms with Crippen LogP contribution < -0.4 is 9.47 Å². The summed E-state index contributed by atoms with van der Waals surface area (Å²) in [6, 6.07) is 14.0. The van der Waals surface area contributed by atoms with Crippen molar-refractivity contribution < 1.29 is 18.7 Å². The third-order valence-electron chi connectivity index (χ3n) is 4.12. The van der Waals surface area contributed by atoms with Crippen molar-refractivity contribution in [3.8, 4) is 11.5 Å². The van der Waals surface area contributed by atoms with E-state index in [0.717, 1.165) is 5.76 Å².